The maximum atomic E-state index is 12.8. The third kappa shape index (κ3) is 13.6. The number of hydrogen-bond acceptors (Lipinski definition) is 12. The molecule has 0 aliphatic rings. The fourth-order valence-electron chi connectivity index (χ4n) is 3.41. The molecule has 12 heteroatoms. The van der Waals surface area contributed by atoms with Crippen molar-refractivity contribution >= 4 is 24.4 Å². The van der Waals surface area contributed by atoms with Crippen molar-refractivity contribution in [1.82, 2.24) is 0 Å². The maximum absolute atomic E-state index is 12.8. The van der Waals surface area contributed by atoms with E-state index in [1.807, 2.05) is 41.5 Å². The molecule has 0 saturated carbocycles. The molecule has 0 fully saturated rings. The SMILES string of the molecule is CCC(C)COC(=O)O[C@@H](C)CC(N)(Cc1ccc(OC(=O)OCC(C)C)c(OC(=O)OCC(C)C)c1)C(=O)OC. The van der Waals surface area contributed by atoms with Crippen LogP contribution in [0, 0.1) is 17.8 Å². The lowest BCUT2D eigenvalue weighted by Gasteiger charge is -2.29. The number of esters is 1. The van der Waals surface area contributed by atoms with Crippen molar-refractivity contribution in [2.24, 2.45) is 23.5 Å². The first kappa shape index (κ1) is 35.5. The summed E-state index contributed by atoms with van der Waals surface area (Å²) in [6.45, 7) is 13.4. The van der Waals surface area contributed by atoms with Gasteiger partial charge in [-0.3, -0.25) is 4.79 Å². The van der Waals surface area contributed by atoms with Gasteiger partial charge < -0.3 is 38.9 Å². The van der Waals surface area contributed by atoms with Gasteiger partial charge in [0.1, 0.15) is 11.6 Å². The zero-order chi connectivity index (χ0) is 31.2. The predicted molar refractivity (Wildman–Crippen MR) is 149 cm³/mol. The van der Waals surface area contributed by atoms with E-state index >= 15 is 0 Å². The van der Waals surface area contributed by atoms with Crippen molar-refractivity contribution in [3.63, 3.8) is 0 Å². The summed E-state index contributed by atoms with van der Waals surface area (Å²) < 4.78 is 36.0. The second-order valence-electron chi connectivity index (χ2n) is 10.9. The van der Waals surface area contributed by atoms with Crippen LogP contribution >= 0.6 is 0 Å². The highest BCUT2D eigenvalue weighted by Crippen LogP contribution is 2.32. The van der Waals surface area contributed by atoms with Gasteiger partial charge in [-0.05, 0) is 42.4 Å². The number of hydrogen-bond donors (Lipinski definition) is 1. The summed E-state index contributed by atoms with van der Waals surface area (Å²) >= 11 is 0. The van der Waals surface area contributed by atoms with Gasteiger partial charge in [-0.2, -0.15) is 0 Å². The highest BCUT2D eigenvalue weighted by atomic mass is 16.7. The van der Waals surface area contributed by atoms with Crippen LogP contribution in [0.2, 0.25) is 0 Å². The largest absolute Gasteiger partial charge is 0.513 e. The molecule has 0 radical (unpaired) electrons. The van der Waals surface area contributed by atoms with Crippen LogP contribution in [0.1, 0.15) is 66.9 Å². The normalized spacial score (nSPS) is 13.9. The number of benzene rings is 1. The van der Waals surface area contributed by atoms with E-state index in [-0.39, 0.29) is 61.9 Å². The van der Waals surface area contributed by atoms with Gasteiger partial charge in [0, 0.05) is 12.8 Å². The molecule has 1 aromatic rings. The van der Waals surface area contributed by atoms with Gasteiger partial charge in [0.05, 0.1) is 26.9 Å². The number of nitrogens with two attached hydrogens (primary N) is 1. The molecular formula is C29H45NO11. The molecule has 0 heterocycles. The van der Waals surface area contributed by atoms with Crippen molar-refractivity contribution in [3.05, 3.63) is 23.8 Å². The molecule has 0 bridgehead atoms. The minimum atomic E-state index is -1.64. The number of ether oxygens (including phenoxy) is 7. The van der Waals surface area contributed by atoms with Crippen LogP contribution in [0.3, 0.4) is 0 Å². The van der Waals surface area contributed by atoms with E-state index in [9.17, 15) is 19.2 Å². The Morgan fingerprint density at radius 1 is 0.805 bits per heavy atom. The molecule has 41 heavy (non-hydrogen) atoms. The monoisotopic (exact) mass is 583 g/mol. The summed E-state index contributed by atoms with van der Waals surface area (Å²) in [4.78, 5) is 49.3. The minimum Gasteiger partial charge on any atom is -0.468 e. The molecule has 0 aliphatic heterocycles. The summed E-state index contributed by atoms with van der Waals surface area (Å²) in [5.41, 5.74) is 5.27. The van der Waals surface area contributed by atoms with Crippen molar-refractivity contribution in [1.29, 1.82) is 0 Å². The minimum absolute atomic E-state index is 0.0602. The Morgan fingerprint density at radius 2 is 1.34 bits per heavy atom. The smallest absolute Gasteiger partial charge is 0.468 e. The summed E-state index contributed by atoms with van der Waals surface area (Å²) in [7, 11) is 1.19. The van der Waals surface area contributed by atoms with Gasteiger partial charge in [0.2, 0.25) is 0 Å². The van der Waals surface area contributed by atoms with Crippen LogP contribution in [0.4, 0.5) is 14.4 Å². The van der Waals surface area contributed by atoms with E-state index in [0.29, 0.717) is 5.56 Å². The average molecular weight is 584 g/mol. The number of methoxy groups -OCH3 is 1. The molecule has 0 amide bonds. The standard InChI is InChI=1S/C29H45NO11/c1-9-20(6)17-38-26(32)39-21(7)13-29(30,25(31)35-8)14-22-10-11-23(40-27(33)36-15-18(2)3)24(12-22)41-28(34)37-16-19(4)5/h10-12,18-21H,9,13-17,30H2,1-8H3/t20?,21-,29?/m0/s1. The lowest BCUT2D eigenvalue weighted by atomic mass is 9.86. The van der Waals surface area contributed by atoms with Crippen LogP contribution in [0.25, 0.3) is 0 Å². The zero-order valence-corrected chi connectivity index (χ0v) is 25.4. The van der Waals surface area contributed by atoms with E-state index in [2.05, 4.69) is 0 Å². The quantitative estimate of drug-likeness (QED) is 0.159. The summed E-state index contributed by atoms with van der Waals surface area (Å²) in [5, 5.41) is 0. The first-order valence-corrected chi connectivity index (χ1v) is 13.7. The van der Waals surface area contributed by atoms with E-state index in [4.69, 9.17) is 38.9 Å². The highest BCUT2D eigenvalue weighted by Gasteiger charge is 2.38. The van der Waals surface area contributed by atoms with Crippen LogP contribution < -0.4 is 15.2 Å². The van der Waals surface area contributed by atoms with Gasteiger partial charge >= 0.3 is 24.4 Å². The fraction of sp³-hybridized carbons (Fsp3) is 0.655. The number of carbonyl (C=O) groups excluding carboxylic acids is 4. The molecule has 0 aromatic heterocycles. The first-order chi connectivity index (χ1) is 19.2. The van der Waals surface area contributed by atoms with Crippen molar-refractivity contribution in [2.75, 3.05) is 26.9 Å². The Bertz CT molecular complexity index is 1010. The van der Waals surface area contributed by atoms with E-state index in [0.717, 1.165) is 6.42 Å². The molecule has 232 valence electrons. The zero-order valence-electron chi connectivity index (χ0n) is 25.4. The molecule has 2 unspecified atom stereocenters. The molecule has 0 spiro atoms. The second-order valence-corrected chi connectivity index (χ2v) is 10.9. The molecule has 0 aliphatic carbocycles. The molecule has 0 saturated heterocycles. The topological polar surface area (TPSA) is 159 Å². The van der Waals surface area contributed by atoms with E-state index < -0.39 is 36.1 Å². The number of rotatable bonds is 15. The van der Waals surface area contributed by atoms with Crippen LogP contribution in [0.5, 0.6) is 11.5 Å². The summed E-state index contributed by atoms with van der Waals surface area (Å²) in [6, 6.07) is 4.30. The van der Waals surface area contributed by atoms with Crippen molar-refractivity contribution in [3.8, 4) is 11.5 Å². The molecule has 1 rings (SSSR count). The fourth-order valence-corrected chi connectivity index (χ4v) is 3.41. The number of carbonyl (C=O) groups is 4. The van der Waals surface area contributed by atoms with Crippen molar-refractivity contribution < 1.29 is 52.3 Å². The molecule has 2 N–H and O–H groups in total. The van der Waals surface area contributed by atoms with Gasteiger partial charge in [-0.25, -0.2) is 14.4 Å². The lowest BCUT2D eigenvalue weighted by Crippen LogP contribution is -2.53. The molecule has 12 nitrogen and oxygen atoms in total. The predicted octanol–water partition coefficient (Wildman–Crippen LogP) is 5.42. The van der Waals surface area contributed by atoms with Crippen LogP contribution in [-0.2, 0) is 34.9 Å². The van der Waals surface area contributed by atoms with Gasteiger partial charge in [-0.15, -0.1) is 0 Å². The highest BCUT2D eigenvalue weighted by molar-refractivity contribution is 5.81. The van der Waals surface area contributed by atoms with Crippen LogP contribution in [0.15, 0.2) is 18.2 Å². The Kier molecular flexibility index (Phi) is 15.0. The Balaban J connectivity index is 3.16. The Hall–Kier alpha value is -3.54. The summed E-state index contributed by atoms with van der Waals surface area (Å²) in [5.74, 6) is -0.698. The van der Waals surface area contributed by atoms with Gasteiger partial charge in [0.25, 0.3) is 0 Å². The maximum Gasteiger partial charge on any atom is 0.513 e. The average Bonchev–Trinajstić information content (AvgIpc) is 2.89. The van der Waals surface area contributed by atoms with Crippen molar-refractivity contribution in [2.45, 2.75) is 79.4 Å². The summed E-state index contributed by atoms with van der Waals surface area (Å²) in [6.07, 6.45) is -3.05. The van der Waals surface area contributed by atoms with Crippen LogP contribution in [-0.4, -0.2) is 63.0 Å². The third-order valence-electron chi connectivity index (χ3n) is 5.71. The lowest BCUT2D eigenvalue weighted by molar-refractivity contribution is -0.148. The third-order valence-corrected chi connectivity index (χ3v) is 5.71. The van der Waals surface area contributed by atoms with E-state index in [1.165, 1.54) is 25.3 Å². The Labute approximate surface area is 242 Å². The molecule has 3 atom stereocenters. The Morgan fingerprint density at radius 3 is 1.85 bits per heavy atom. The van der Waals surface area contributed by atoms with E-state index in [1.54, 1.807) is 6.92 Å². The van der Waals surface area contributed by atoms with Gasteiger partial charge in [-0.1, -0.05) is 54.0 Å². The van der Waals surface area contributed by atoms with Gasteiger partial charge in [0.15, 0.2) is 11.5 Å². The molecular weight excluding hydrogens is 538 g/mol. The second kappa shape index (κ2) is 17.3. The first-order valence-electron chi connectivity index (χ1n) is 13.7. The molecule has 1 aromatic carbocycles.